The van der Waals surface area contributed by atoms with Gasteiger partial charge < -0.3 is 14.6 Å². The number of benzene rings is 1. The minimum absolute atomic E-state index is 0.772. The van der Waals surface area contributed by atoms with E-state index in [4.69, 9.17) is 4.74 Å². The molecule has 0 spiro atoms. The van der Waals surface area contributed by atoms with E-state index in [-0.39, 0.29) is 0 Å². The minimum atomic E-state index is 0.772. The summed E-state index contributed by atoms with van der Waals surface area (Å²) in [5.41, 5.74) is 3.58. The number of imidazole rings is 1. The van der Waals surface area contributed by atoms with Crippen molar-refractivity contribution in [3.63, 3.8) is 0 Å². The largest absolute Gasteiger partial charge is 0.385 e. The van der Waals surface area contributed by atoms with E-state index in [1.165, 1.54) is 11.1 Å². The molecule has 1 heterocycles. The Morgan fingerprint density at radius 1 is 1.20 bits per heavy atom. The molecular formula is C16H23N3O. The fourth-order valence-electron chi connectivity index (χ4n) is 2.12. The Labute approximate surface area is 120 Å². The van der Waals surface area contributed by atoms with Crippen molar-refractivity contribution >= 4 is 5.95 Å². The second-order valence-corrected chi connectivity index (χ2v) is 5.08. The zero-order chi connectivity index (χ0) is 14.4. The molecule has 0 aliphatic heterocycles. The molecule has 108 valence electrons. The summed E-state index contributed by atoms with van der Waals surface area (Å²) in [7, 11) is 1.73. The number of aromatic nitrogens is 2. The van der Waals surface area contributed by atoms with Crippen LogP contribution in [0.3, 0.4) is 0 Å². The van der Waals surface area contributed by atoms with Crippen molar-refractivity contribution in [2.45, 2.75) is 33.4 Å². The van der Waals surface area contributed by atoms with Crippen LogP contribution in [0.1, 0.15) is 23.2 Å². The summed E-state index contributed by atoms with van der Waals surface area (Å²) in [5, 5.41) is 3.41. The molecule has 0 aliphatic rings. The highest BCUT2D eigenvalue weighted by Gasteiger charge is 2.05. The van der Waals surface area contributed by atoms with Gasteiger partial charge in [-0.3, -0.25) is 0 Å². The Bertz CT molecular complexity index is 531. The number of hydrogen-bond acceptors (Lipinski definition) is 3. The van der Waals surface area contributed by atoms with Gasteiger partial charge in [-0.15, -0.1) is 0 Å². The van der Waals surface area contributed by atoms with Gasteiger partial charge in [0.2, 0.25) is 5.95 Å². The zero-order valence-electron chi connectivity index (χ0n) is 12.5. The third-order valence-corrected chi connectivity index (χ3v) is 3.22. The number of hydrogen-bond donors (Lipinski definition) is 1. The Balaban J connectivity index is 1.96. The van der Waals surface area contributed by atoms with Crippen LogP contribution in [0, 0.1) is 13.8 Å². The molecule has 0 atom stereocenters. The van der Waals surface area contributed by atoms with Gasteiger partial charge in [0.05, 0.1) is 5.69 Å². The summed E-state index contributed by atoms with van der Waals surface area (Å²) in [6, 6.07) is 8.56. The SMILES string of the molecule is COCCCn1cc(C)nc1NCc1ccc(C)cc1. The summed E-state index contributed by atoms with van der Waals surface area (Å²) < 4.78 is 7.25. The van der Waals surface area contributed by atoms with E-state index in [1.54, 1.807) is 7.11 Å². The molecule has 20 heavy (non-hydrogen) atoms. The lowest BCUT2D eigenvalue weighted by Gasteiger charge is -2.09. The Morgan fingerprint density at radius 3 is 2.65 bits per heavy atom. The lowest BCUT2D eigenvalue weighted by molar-refractivity contribution is 0.190. The van der Waals surface area contributed by atoms with Crippen LogP contribution in [0.15, 0.2) is 30.5 Å². The molecule has 0 unspecified atom stereocenters. The molecule has 4 nitrogen and oxygen atoms in total. The van der Waals surface area contributed by atoms with Crippen LogP contribution in [-0.4, -0.2) is 23.3 Å². The third kappa shape index (κ3) is 4.10. The Hall–Kier alpha value is -1.81. The van der Waals surface area contributed by atoms with Crippen molar-refractivity contribution in [3.05, 3.63) is 47.3 Å². The van der Waals surface area contributed by atoms with Crippen molar-refractivity contribution in [3.8, 4) is 0 Å². The smallest absolute Gasteiger partial charge is 0.203 e. The lowest BCUT2D eigenvalue weighted by Crippen LogP contribution is -2.08. The van der Waals surface area contributed by atoms with E-state index in [2.05, 4.69) is 52.3 Å². The first-order chi connectivity index (χ1) is 9.69. The first kappa shape index (κ1) is 14.6. The Kier molecular flexibility index (Phi) is 5.18. The summed E-state index contributed by atoms with van der Waals surface area (Å²) in [6.45, 7) is 6.60. The van der Waals surface area contributed by atoms with Gasteiger partial charge in [-0.1, -0.05) is 29.8 Å². The first-order valence-corrected chi connectivity index (χ1v) is 7.01. The van der Waals surface area contributed by atoms with Gasteiger partial charge >= 0.3 is 0 Å². The van der Waals surface area contributed by atoms with Gasteiger partial charge in [-0.05, 0) is 25.8 Å². The molecule has 1 aromatic heterocycles. The van der Waals surface area contributed by atoms with Gasteiger partial charge in [0, 0.05) is 33.0 Å². The monoisotopic (exact) mass is 273 g/mol. The highest BCUT2D eigenvalue weighted by atomic mass is 16.5. The van der Waals surface area contributed by atoms with Crippen molar-refractivity contribution in [1.29, 1.82) is 0 Å². The van der Waals surface area contributed by atoms with Crippen LogP contribution in [0.2, 0.25) is 0 Å². The van der Waals surface area contributed by atoms with E-state index in [0.717, 1.165) is 37.8 Å². The number of ether oxygens (including phenoxy) is 1. The maximum Gasteiger partial charge on any atom is 0.203 e. The molecule has 2 rings (SSSR count). The molecule has 0 aliphatic carbocycles. The topological polar surface area (TPSA) is 39.1 Å². The normalized spacial score (nSPS) is 10.8. The van der Waals surface area contributed by atoms with Gasteiger partial charge in [-0.2, -0.15) is 0 Å². The molecule has 1 N–H and O–H groups in total. The molecule has 0 bridgehead atoms. The quantitative estimate of drug-likeness (QED) is 0.788. The summed E-state index contributed by atoms with van der Waals surface area (Å²) in [5.74, 6) is 0.930. The molecule has 0 saturated carbocycles. The van der Waals surface area contributed by atoms with Crippen molar-refractivity contribution in [2.75, 3.05) is 19.0 Å². The molecule has 1 aromatic carbocycles. The minimum Gasteiger partial charge on any atom is -0.385 e. The predicted molar refractivity (Wildman–Crippen MR) is 82.0 cm³/mol. The molecule has 2 aromatic rings. The van der Waals surface area contributed by atoms with Crippen LogP contribution < -0.4 is 5.32 Å². The van der Waals surface area contributed by atoms with Crippen LogP contribution in [0.25, 0.3) is 0 Å². The lowest BCUT2D eigenvalue weighted by atomic mass is 10.1. The van der Waals surface area contributed by atoms with Crippen LogP contribution in [-0.2, 0) is 17.8 Å². The van der Waals surface area contributed by atoms with Crippen LogP contribution in [0.5, 0.6) is 0 Å². The number of anilines is 1. The second kappa shape index (κ2) is 7.10. The average molecular weight is 273 g/mol. The van der Waals surface area contributed by atoms with Crippen molar-refractivity contribution < 1.29 is 4.74 Å². The van der Waals surface area contributed by atoms with E-state index >= 15 is 0 Å². The van der Waals surface area contributed by atoms with E-state index in [0.29, 0.717) is 0 Å². The molecule has 0 radical (unpaired) electrons. The number of rotatable bonds is 7. The van der Waals surface area contributed by atoms with E-state index < -0.39 is 0 Å². The molecule has 0 amide bonds. The van der Waals surface area contributed by atoms with E-state index in [1.807, 2.05) is 6.92 Å². The molecular weight excluding hydrogens is 250 g/mol. The highest BCUT2D eigenvalue weighted by molar-refractivity contribution is 5.31. The Morgan fingerprint density at radius 2 is 1.95 bits per heavy atom. The zero-order valence-corrected chi connectivity index (χ0v) is 12.5. The molecule has 0 saturated heterocycles. The van der Waals surface area contributed by atoms with Gasteiger partial charge in [-0.25, -0.2) is 4.98 Å². The number of nitrogens with one attached hydrogen (secondary N) is 1. The highest BCUT2D eigenvalue weighted by Crippen LogP contribution is 2.11. The molecule has 4 heteroatoms. The van der Waals surface area contributed by atoms with Gasteiger partial charge in [0.25, 0.3) is 0 Å². The fourth-order valence-corrected chi connectivity index (χ4v) is 2.12. The van der Waals surface area contributed by atoms with E-state index in [9.17, 15) is 0 Å². The van der Waals surface area contributed by atoms with Crippen LogP contribution >= 0.6 is 0 Å². The predicted octanol–water partition coefficient (Wildman–Crippen LogP) is 3.15. The fraction of sp³-hybridized carbons (Fsp3) is 0.438. The number of nitrogens with zero attached hydrogens (tertiary/aromatic N) is 2. The molecule has 0 fully saturated rings. The average Bonchev–Trinajstić information content (AvgIpc) is 2.79. The van der Waals surface area contributed by atoms with Gasteiger partial charge in [0.15, 0.2) is 0 Å². The summed E-state index contributed by atoms with van der Waals surface area (Å²) >= 11 is 0. The summed E-state index contributed by atoms with van der Waals surface area (Å²) in [6.07, 6.45) is 3.07. The van der Waals surface area contributed by atoms with Crippen LogP contribution in [0.4, 0.5) is 5.95 Å². The first-order valence-electron chi connectivity index (χ1n) is 7.01. The summed E-state index contributed by atoms with van der Waals surface area (Å²) in [4.78, 5) is 4.53. The van der Waals surface area contributed by atoms with Gasteiger partial charge in [0.1, 0.15) is 0 Å². The van der Waals surface area contributed by atoms with Crippen molar-refractivity contribution in [2.24, 2.45) is 0 Å². The second-order valence-electron chi connectivity index (χ2n) is 5.08. The number of methoxy groups -OCH3 is 1. The standard InChI is InChI=1S/C16H23N3O/c1-13-5-7-15(8-6-13)11-17-16-18-14(2)12-19(16)9-4-10-20-3/h5-8,12H,4,9-11H2,1-3H3,(H,17,18). The maximum atomic E-state index is 5.10. The number of aryl methyl sites for hydroxylation is 3. The van der Waals surface area contributed by atoms with Crippen molar-refractivity contribution in [1.82, 2.24) is 9.55 Å². The third-order valence-electron chi connectivity index (χ3n) is 3.22. The maximum absolute atomic E-state index is 5.10.